The smallest absolute Gasteiger partial charge is 0.00550 e. The van der Waals surface area contributed by atoms with E-state index in [4.69, 9.17) is 0 Å². The number of fused-ring (bicyclic) bond motifs is 1. The van der Waals surface area contributed by atoms with Crippen LogP contribution in [-0.2, 0) is 23.7 Å². The fourth-order valence-electron chi connectivity index (χ4n) is 4.31. The minimum absolute atomic E-state index is 0.137. The molecule has 0 unspecified atom stereocenters. The van der Waals surface area contributed by atoms with E-state index in [9.17, 15) is 0 Å². The van der Waals surface area contributed by atoms with Crippen molar-refractivity contribution in [2.75, 3.05) is 0 Å². The number of rotatable bonds is 4. The SMILES string of the molecule is CCCc1ccc2c(c1-c1cc(C(C)(C)C)cc(C(C)(C)C)c1)C=C(C(C)C)C2. The third-order valence-electron chi connectivity index (χ3n) is 6.36. The molecule has 0 bridgehead atoms. The molecule has 0 saturated heterocycles. The first-order chi connectivity index (χ1) is 13.4. The quantitative estimate of drug-likeness (QED) is 0.492. The predicted octanol–water partition coefficient (Wildman–Crippen LogP) is 8.50. The van der Waals surface area contributed by atoms with Crippen LogP contribution in [0.1, 0.15) is 96.6 Å². The zero-order valence-electron chi connectivity index (χ0n) is 20.2. The number of aryl methyl sites for hydroxylation is 1. The minimum Gasteiger partial charge on any atom is -0.0651 e. The van der Waals surface area contributed by atoms with Crippen LogP contribution in [0.3, 0.4) is 0 Å². The lowest BCUT2D eigenvalue weighted by Gasteiger charge is -2.27. The van der Waals surface area contributed by atoms with Crippen LogP contribution in [0.15, 0.2) is 35.9 Å². The number of hydrogen-bond acceptors (Lipinski definition) is 0. The van der Waals surface area contributed by atoms with Crippen LogP contribution in [0, 0.1) is 5.92 Å². The summed E-state index contributed by atoms with van der Waals surface area (Å²) >= 11 is 0. The zero-order valence-corrected chi connectivity index (χ0v) is 20.2. The van der Waals surface area contributed by atoms with Crippen molar-refractivity contribution in [2.24, 2.45) is 5.92 Å². The second kappa shape index (κ2) is 7.78. The summed E-state index contributed by atoms with van der Waals surface area (Å²) in [4.78, 5) is 0. The Bertz CT molecular complexity index is 891. The van der Waals surface area contributed by atoms with E-state index in [2.05, 4.69) is 98.7 Å². The van der Waals surface area contributed by atoms with Gasteiger partial charge in [-0.05, 0) is 68.5 Å². The van der Waals surface area contributed by atoms with E-state index < -0.39 is 0 Å². The van der Waals surface area contributed by atoms with E-state index >= 15 is 0 Å². The lowest BCUT2D eigenvalue weighted by atomic mass is 9.78. The molecule has 29 heavy (non-hydrogen) atoms. The van der Waals surface area contributed by atoms with Gasteiger partial charge in [0.15, 0.2) is 0 Å². The first-order valence-electron chi connectivity index (χ1n) is 11.4. The molecule has 2 aromatic rings. The Kier molecular flexibility index (Phi) is 5.87. The van der Waals surface area contributed by atoms with Crippen LogP contribution in [0.4, 0.5) is 0 Å². The average molecular weight is 389 g/mol. The molecular weight excluding hydrogens is 348 g/mol. The third-order valence-corrected chi connectivity index (χ3v) is 6.36. The predicted molar refractivity (Wildman–Crippen MR) is 130 cm³/mol. The van der Waals surface area contributed by atoms with Gasteiger partial charge >= 0.3 is 0 Å². The van der Waals surface area contributed by atoms with Gasteiger partial charge in [-0.1, -0.05) is 111 Å². The van der Waals surface area contributed by atoms with Gasteiger partial charge in [-0.15, -0.1) is 0 Å². The van der Waals surface area contributed by atoms with E-state index in [-0.39, 0.29) is 10.8 Å². The summed E-state index contributed by atoms with van der Waals surface area (Å²) in [5, 5.41) is 0. The molecule has 0 amide bonds. The molecule has 156 valence electrons. The van der Waals surface area contributed by atoms with E-state index in [0.29, 0.717) is 5.92 Å². The monoisotopic (exact) mass is 388 g/mol. The van der Waals surface area contributed by atoms with Gasteiger partial charge in [0.05, 0.1) is 0 Å². The Hall–Kier alpha value is -1.82. The first kappa shape index (κ1) is 21.9. The fraction of sp³-hybridized carbons (Fsp3) is 0.517. The molecule has 0 N–H and O–H groups in total. The summed E-state index contributed by atoms with van der Waals surface area (Å²) < 4.78 is 0. The van der Waals surface area contributed by atoms with Gasteiger partial charge in [0.2, 0.25) is 0 Å². The summed E-state index contributed by atoms with van der Waals surface area (Å²) in [5.41, 5.74) is 12.1. The Labute approximate surface area is 179 Å². The van der Waals surface area contributed by atoms with Crippen LogP contribution in [0.25, 0.3) is 17.2 Å². The van der Waals surface area contributed by atoms with E-state index in [1.165, 1.54) is 45.4 Å². The van der Waals surface area contributed by atoms with Gasteiger partial charge in [-0.2, -0.15) is 0 Å². The highest BCUT2D eigenvalue weighted by Crippen LogP contribution is 2.41. The third kappa shape index (κ3) is 4.52. The second-order valence-electron chi connectivity index (χ2n) is 11.3. The van der Waals surface area contributed by atoms with Crippen LogP contribution in [0.5, 0.6) is 0 Å². The molecule has 0 heteroatoms. The van der Waals surface area contributed by atoms with E-state index in [0.717, 1.165) is 12.8 Å². The van der Waals surface area contributed by atoms with E-state index in [1.807, 2.05) is 0 Å². The molecule has 1 aliphatic carbocycles. The van der Waals surface area contributed by atoms with Gasteiger partial charge in [0, 0.05) is 0 Å². The average Bonchev–Trinajstić information content (AvgIpc) is 3.04. The Morgan fingerprint density at radius 1 is 0.862 bits per heavy atom. The van der Waals surface area contributed by atoms with Crippen LogP contribution >= 0.6 is 0 Å². The summed E-state index contributed by atoms with van der Waals surface area (Å²) in [5.74, 6) is 0.607. The minimum atomic E-state index is 0.137. The highest BCUT2D eigenvalue weighted by molar-refractivity contribution is 5.84. The van der Waals surface area contributed by atoms with Crippen molar-refractivity contribution < 1.29 is 0 Å². The van der Waals surface area contributed by atoms with Crippen LogP contribution in [-0.4, -0.2) is 0 Å². The van der Waals surface area contributed by atoms with Gasteiger partial charge in [-0.25, -0.2) is 0 Å². The molecule has 1 aliphatic rings. The number of benzene rings is 2. The maximum Gasteiger partial charge on any atom is -0.00550 e. The summed E-state index contributed by atoms with van der Waals surface area (Å²) in [7, 11) is 0. The van der Waals surface area contributed by atoms with Crippen molar-refractivity contribution in [1.82, 2.24) is 0 Å². The molecule has 0 aromatic heterocycles. The second-order valence-corrected chi connectivity index (χ2v) is 11.3. The maximum atomic E-state index is 2.50. The molecule has 0 radical (unpaired) electrons. The van der Waals surface area contributed by atoms with Crippen molar-refractivity contribution in [2.45, 2.75) is 92.4 Å². The zero-order chi connectivity index (χ0) is 21.6. The van der Waals surface area contributed by atoms with Gasteiger partial charge in [0.1, 0.15) is 0 Å². The molecule has 2 aromatic carbocycles. The van der Waals surface area contributed by atoms with Crippen molar-refractivity contribution in [3.8, 4) is 11.1 Å². The lowest BCUT2D eigenvalue weighted by molar-refractivity contribution is 0.569. The van der Waals surface area contributed by atoms with Crippen molar-refractivity contribution in [3.63, 3.8) is 0 Å². The summed E-state index contributed by atoms with van der Waals surface area (Å²) in [6.45, 7) is 20.9. The van der Waals surface area contributed by atoms with E-state index in [1.54, 1.807) is 5.57 Å². The molecule has 3 rings (SSSR count). The first-order valence-corrected chi connectivity index (χ1v) is 11.4. The van der Waals surface area contributed by atoms with Gasteiger partial charge in [0.25, 0.3) is 0 Å². The van der Waals surface area contributed by atoms with Crippen LogP contribution in [0.2, 0.25) is 0 Å². The lowest BCUT2D eigenvalue weighted by Crippen LogP contribution is -2.16. The molecule has 0 atom stereocenters. The van der Waals surface area contributed by atoms with Crippen molar-refractivity contribution in [1.29, 1.82) is 0 Å². The normalized spacial score (nSPS) is 14.3. The number of allylic oxidation sites excluding steroid dienone is 1. The number of hydrogen-bond donors (Lipinski definition) is 0. The Balaban J connectivity index is 2.32. The Morgan fingerprint density at radius 2 is 1.45 bits per heavy atom. The van der Waals surface area contributed by atoms with Crippen LogP contribution < -0.4 is 0 Å². The molecule has 0 spiro atoms. The topological polar surface area (TPSA) is 0 Å². The fourth-order valence-corrected chi connectivity index (χ4v) is 4.31. The Morgan fingerprint density at radius 3 is 1.93 bits per heavy atom. The molecular formula is C29H40. The maximum absolute atomic E-state index is 2.50. The molecule has 0 fully saturated rings. The highest BCUT2D eigenvalue weighted by Gasteiger charge is 2.25. The summed E-state index contributed by atoms with van der Waals surface area (Å²) in [6, 6.07) is 12.1. The van der Waals surface area contributed by atoms with Gasteiger partial charge in [-0.3, -0.25) is 0 Å². The molecule has 0 heterocycles. The highest BCUT2D eigenvalue weighted by atomic mass is 14.3. The summed E-state index contributed by atoms with van der Waals surface area (Å²) in [6.07, 6.45) is 5.92. The molecule has 0 saturated carbocycles. The molecule has 0 aliphatic heterocycles. The molecule has 0 nitrogen and oxygen atoms in total. The largest absolute Gasteiger partial charge is 0.0651 e. The van der Waals surface area contributed by atoms with Gasteiger partial charge < -0.3 is 0 Å². The van der Waals surface area contributed by atoms with Crippen molar-refractivity contribution in [3.05, 3.63) is 63.7 Å². The standard InChI is InChI=1S/C29H40/c1-10-11-20-12-13-21-14-22(19(2)3)17-26(21)27(20)23-15-24(28(4,5)6)18-25(16-23)29(7,8)9/h12-13,15-19H,10-11,14H2,1-9H3. The van der Waals surface area contributed by atoms with Crippen molar-refractivity contribution >= 4 is 6.08 Å².